The van der Waals surface area contributed by atoms with E-state index in [2.05, 4.69) is 11.9 Å². The van der Waals surface area contributed by atoms with Gasteiger partial charge in [-0.15, -0.1) is 6.58 Å². The van der Waals surface area contributed by atoms with Crippen molar-refractivity contribution in [1.82, 2.24) is 5.32 Å². The highest BCUT2D eigenvalue weighted by Crippen LogP contribution is 2.21. The zero-order valence-corrected chi connectivity index (χ0v) is 9.38. The minimum Gasteiger partial charge on any atom is -0.503 e. The molecule has 0 atom stereocenters. The molecule has 17 heavy (non-hydrogen) atoms. The van der Waals surface area contributed by atoms with Gasteiger partial charge in [0.25, 0.3) is 0 Å². The fraction of sp³-hybridized carbons (Fsp3) is 0.333. The van der Waals surface area contributed by atoms with E-state index < -0.39 is 17.4 Å². The lowest BCUT2D eigenvalue weighted by molar-refractivity contribution is 0.164. The SMILES string of the molecule is C=CCOCCNCc1cc(F)c(O)c(F)c1. The molecule has 0 amide bonds. The fourth-order valence-corrected chi connectivity index (χ4v) is 1.26. The summed E-state index contributed by atoms with van der Waals surface area (Å²) in [6.45, 7) is 5.35. The van der Waals surface area contributed by atoms with E-state index in [0.717, 1.165) is 12.1 Å². The van der Waals surface area contributed by atoms with Gasteiger partial charge in [0.05, 0.1) is 13.2 Å². The summed E-state index contributed by atoms with van der Waals surface area (Å²) < 4.78 is 31.0. The van der Waals surface area contributed by atoms with E-state index in [1.54, 1.807) is 6.08 Å². The lowest BCUT2D eigenvalue weighted by Crippen LogP contribution is -2.19. The van der Waals surface area contributed by atoms with Crippen LogP contribution >= 0.6 is 0 Å². The van der Waals surface area contributed by atoms with Crippen molar-refractivity contribution in [2.45, 2.75) is 6.54 Å². The van der Waals surface area contributed by atoms with Crippen LogP contribution in [-0.2, 0) is 11.3 Å². The molecule has 0 saturated carbocycles. The summed E-state index contributed by atoms with van der Waals surface area (Å²) in [5.41, 5.74) is 0.432. The van der Waals surface area contributed by atoms with E-state index in [4.69, 9.17) is 9.84 Å². The summed E-state index contributed by atoms with van der Waals surface area (Å²) in [7, 11) is 0. The Morgan fingerprint density at radius 3 is 2.59 bits per heavy atom. The van der Waals surface area contributed by atoms with Gasteiger partial charge in [0, 0.05) is 13.1 Å². The van der Waals surface area contributed by atoms with E-state index in [1.807, 2.05) is 0 Å². The number of phenolic OH excluding ortho intramolecular Hbond substituents is 1. The average Bonchev–Trinajstić information content (AvgIpc) is 2.30. The van der Waals surface area contributed by atoms with Crippen molar-refractivity contribution in [1.29, 1.82) is 0 Å². The van der Waals surface area contributed by atoms with Crippen LogP contribution in [0.15, 0.2) is 24.8 Å². The Morgan fingerprint density at radius 1 is 1.35 bits per heavy atom. The van der Waals surface area contributed by atoms with Gasteiger partial charge in [0.2, 0.25) is 0 Å². The van der Waals surface area contributed by atoms with Crippen molar-refractivity contribution < 1.29 is 18.6 Å². The van der Waals surface area contributed by atoms with Crippen LogP contribution in [-0.4, -0.2) is 24.9 Å². The third-order valence-electron chi connectivity index (χ3n) is 2.06. The van der Waals surface area contributed by atoms with Gasteiger partial charge in [0.1, 0.15) is 0 Å². The van der Waals surface area contributed by atoms with Crippen LogP contribution in [0.25, 0.3) is 0 Å². The van der Waals surface area contributed by atoms with Crippen LogP contribution in [0.5, 0.6) is 5.75 Å². The van der Waals surface area contributed by atoms with E-state index >= 15 is 0 Å². The number of phenols is 1. The Kier molecular flexibility index (Phi) is 5.59. The predicted molar refractivity (Wildman–Crippen MR) is 60.7 cm³/mol. The summed E-state index contributed by atoms with van der Waals surface area (Å²) in [5.74, 6) is -2.85. The van der Waals surface area contributed by atoms with Crippen molar-refractivity contribution in [2.24, 2.45) is 0 Å². The normalized spacial score (nSPS) is 10.5. The Hall–Kier alpha value is -1.46. The first-order chi connectivity index (χ1) is 8.15. The quantitative estimate of drug-likeness (QED) is 0.568. The second-order valence-electron chi connectivity index (χ2n) is 3.45. The number of rotatable bonds is 7. The second-order valence-corrected chi connectivity index (χ2v) is 3.45. The molecule has 0 spiro atoms. The molecule has 0 aliphatic carbocycles. The number of halogens is 2. The van der Waals surface area contributed by atoms with Gasteiger partial charge in [-0.05, 0) is 17.7 Å². The van der Waals surface area contributed by atoms with Crippen molar-refractivity contribution >= 4 is 0 Å². The molecule has 2 N–H and O–H groups in total. The maximum atomic E-state index is 13.0. The molecule has 0 aliphatic rings. The van der Waals surface area contributed by atoms with Crippen molar-refractivity contribution in [3.05, 3.63) is 42.0 Å². The molecular formula is C12H15F2NO2. The Morgan fingerprint density at radius 2 is 2.00 bits per heavy atom. The number of benzene rings is 1. The highest BCUT2D eigenvalue weighted by molar-refractivity contribution is 5.29. The Bertz CT molecular complexity index is 360. The van der Waals surface area contributed by atoms with Gasteiger partial charge in [-0.25, -0.2) is 8.78 Å². The molecule has 0 aromatic heterocycles. The highest BCUT2D eigenvalue weighted by atomic mass is 19.1. The monoisotopic (exact) mass is 243 g/mol. The zero-order chi connectivity index (χ0) is 12.7. The van der Waals surface area contributed by atoms with Crippen LogP contribution < -0.4 is 5.32 Å². The molecule has 1 aromatic carbocycles. The molecule has 0 aliphatic heterocycles. The molecule has 5 heteroatoms. The Balaban J connectivity index is 2.34. The fourth-order valence-electron chi connectivity index (χ4n) is 1.26. The van der Waals surface area contributed by atoms with E-state index in [0.29, 0.717) is 31.9 Å². The third kappa shape index (κ3) is 4.50. The number of aromatic hydroxyl groups is 1. The second kappa shape index (κ2) is 6.98. The summed E-state index contributed by atoms with van der Waals surface area (Å²) >= 11 is 0. The van der Waals surface area contributed by atoms with Crippen LogP contribution in [0.1, 0.15) is 5.56 Å². The van der Waals surface area contributed by atoms with Gasteiger partial charge >= 0.3 is 0 Å². The molecule has 0 fully saturated rings. The molecule has 0 unspecified atom stereocenters. The van der Waals surface area contributed by atoms with E-state index in [9.17, 15) is 8.78 Å². The predicted octanol–water partition coefficient (Wildman–Crippen LogP) is 1.96. The van der Waals surface area contributed by atoms with Crippen molar-refractivity contribution in [3.8, 4) is 5.75 Å². The van der Waals surface area contributed by atoms with Gasteiger partial charge in [-0.1, -0.05) is 6.08 Å². The van der Waals surface area contributed by atoms with Crippen LogP contribution in [0.4, 0.5) is 8.78 Å². The zero-order valence-electron chi connectivity index (χ0n) is 9.38. The van der Waals surface area contributed by atoms with Gasteiger partial charge in [0.15, 0.2) is 17.4 Å². The van der Waals surface area contributed by atoms with Gasteiger partial charge < -0.3 is 15.2 Å². The summed E-state index contributed by atoms with van der Waals surface area (Å²) in [6, 6.07) is 2.19. The number of hydrogen-bond acceptors (Lipinski definition) is 3. The van der Waals surface area contributed by atoms with Crippen molar-refractivity contribution in [3.63, 3.8) is 0 Å². The summed E-state index contributed by atoms with van der Waals surface area (Å²) in [5, 5.41) is 11.9. The van der Waals surface area contributed by atoms with Gasteiger partial charge in [-0.3, -0.25) is 0 Å². The molecule has 3 nitrogen and oxygen atoms in total. The first kappa shape index (κ1) is 13.6. The molecule has 0 radical (unpaired) electrons. The molecule has 0 saturated heterocycles. The molecule has 1 rings (SSSR count). The maximum Gasteiger partial charge on any atom is 0.187 e. The van der Waals surface area contributed by atoms with Crippen LogP contribution in [0, 0.1) is 11.6 Å². The largest absolute Gasteiger partial charge is 0.503 e. The average molecular weight is 243 g/mol. The van der Waals surface area contributed by atoms with Gasteiger partial charge in [-0.2, -0.15) is 0 Å². The van der Waals surface area contributed by atoms with E-state index in [1.165, 1.54) is 0 Å². The van der Waals surface area contributed by atoms with Crippen molar-refractivity contribution in [2.75, 3.05) is 19.8 Å². The lowest BCUT2D eigenvalue weighted by atomic mass is 10.2. The highest BCUT2D eigenvalue weighted by Gasteiger charge is 2.08. The lowest BCUT2D eigenvalue weighted by Gasteiger charge is -2.06. The van der Waals surface area contributed by atoms with Crippen LogP contribution in [0.3, 0.4) is 0 Å². The summed E-state index contributed by atoms with van der Waals surface area (Å²) in [6.07, 6.45) is 1.64. The topological polar surface area (TPSA) is 41.5 Å². The van der Waals surface area contributed by atoms with E-state index in [-0.39, 0.29) is 0 Å². The number of nitrogens with one attached hydrogen (secondary N) is 1. The first-order valence-corrected chi connectivity index (χ1v) is 5.21. The number of ether oxygens (including phenoxy) is 1. The number of hydrogen-bond donors (Lipinski definition) is 2. The van der Waals surface area contributed by atoms with Crippen LogP contribution in [0.2, 0.25) is 0 Å². The minimum absolute atomic E-state index is 0.311. The minimum atomic E-state index is -0.954. The third-order valence-corrected chi connectivity index (χ3v) is 2.06. The standard InChI is InChI=1S/C12H15F2NO2/c1-2-4-17-5-3-15-8-9-6-10(13)12(16)11(14)7-9/h2,6-7,15-16H,1,3-5,8H2. The summed E-state index contributed by atoms with van der Waals surface area (Å²) in [4.78, 5) is 0. The molecular weight excluding hydrogens is 228 g/mol. The molecule has 0 bridgehead atoms. The maximum absolute atomic E-state index is 13.0. The molecule has 0 heterocycles. The smallest absolute Gasteiger partial charge is 0.187 e. The molecule has 1 aromatic rings. The first-order valence-electron chi connectivity index (χ1n) is 5.21. The Labute approximate surface area is 98.7 Å². The molecule has 94 valence electrons.